The molecule has 0 aliphatic carbocycles. The quantitative estimate of drug-likeness (QED) is 0.615. The third-order valence-electron chi connectivity index (χ3n) is 2.83. The van der Waals surface area contributed by atoms with E-state index in [0.717, 1.165) is 5.56 Å². The topological polar surface area (TPSA) is 55.1 Å². The van der Waals surface area contributed by atoms with E-state index < -0.39 is 0 Å². The maximum atomic E-state index is 12.2. The molecule has 6 heteroatoms. The van der Waals surface area contributed by atoms with Crippen LogP contribution in [0.25, 0.3) is 0 Å². The standard InChI is InChI=1S/C14H11Cl3N2O/c1-7-3-2-4-8(13(7)18)14(20)19-12-6-10(16)9(15)5-11(12)17/h2-6H,18H2,1H3,(H,19,20). The van der Waals surface area contributed by atoms with Gasteiger partial charge in [0.1, 0.15) is 0 Å². The maximum Gasteiger partial charge on any atom is 0.257 e. The first-order valence-corrected chi connectivity index (χ1v) is 6.84. The van der Waals surface area contributed by atoms with Crippen LogP contribution >= 0.6 is 34.8 Å². The third-order valence-corrected chi connectivity index (χ3v) is 3.86. The number of amides is 1. The van der Waals surface area contributed by atoms with E-state index in [9.17, 15) is 4.79 Å². The highest BCUT2D eigenvalue weighted by Gasteiger charge is 2.14. The van der Waals surface area contributed by atoms with Gasteiger partial charge in [-0.15, -0.1) is 0 Å². The van der Waals surface area contributed by atoms with E-state index in [2.05, 4.69) is 5.32 Å². The third kappa shape index (κ3) is 3.01. The Morgan fingerprint density at radius 1 is 1.10 bits per heavy atom. The van der Waals surface area contributed by atoms with Crippen LogP contribution in [0.15, 0.2) is 30.3 Å². The van der Waals surface area contributed by atoms with Crippen LogP contribution < -0.4 is 11.1 Å². The van der Waals surface area contributed by atoms with Crippen molar-refractivity contribution in [3.05, 3.63) is 56.5 Å². The summed E-state index contributed by atoms with van der Waals surface area (Å²) in [5.74, 6) is -0.355. The van der Waals surface area contributed by atoms with Crippen LogP contribution in [0.3, 0.4) is 0 Å². The van der Waals surface area contributed by atoms with Crippen LogP contribution in [0.5, 0.6) is 0 Å². The minimum Gasteiger partial charge on any atom is -0.398 e. The lowest BCUT2D eigenvalue weighted by atomic mass is 10.1. The molecule has 2 aromatic carbocycles. The Bertz CT molecular complexity index is 686. The molecule has 0 atom stereocenters. The molecule has 2 aromatic rings. The van der Waals surface area contributed by atoms with Crippen LogP contribution in [-0.2, 0) is 0 Å². The van der Waals surface area contributed by atoms with Gasteiger partial charge < -0.3 is 11.1 Å². The molecule has 0 aliphatic heterocycles. The Kier molecular flexibility index (Phi) is 4.43. The van der Waals surface area contributed by atoms with Gasteiger partial charge in [0.2, 0.25) is 0 Å². The van der Waals surface area contributed by atoms with E-state index >= 15 is 0 Å². The Balaban J connectivity index is 2.33. The fourth-order valence-corrected chi connectivity index (χ4v) is 2.28. The van der Waals surface area contributed by atoms with E-state index in [1.807, 2.05) is 13.0 Å². The number of halogens is 3. The highest BCUT2D eigenvalue weighted by Crippen LogP contribution is 2.32. The normalized spacial score (nSPS) is 10.4. The predicted octanol–water partition coefficient (Wildman–Crippen LogP) is 4.79. The van der Waals surface area contributed by atoms with Crippen molar-refractivity contribution < 1.29 is 4.79 Å². The van der Waals surface area contributed by atoms with Crippen molar-refractivity contribution in [2.75, 3.05) is 11.1 Å². The number of para-hydroxylation sites is 1. The summed E-state index contributed by atoms with van der Waals surface area (Å²) in [7, 11) is 0. The summed E-state index contributed by atoms with van der Waals surface area (Å²) in [6.07, 6.45) is 0. The zero-order valence-corrected chi connectivity index (χ0v) is 12.8. The zero-order chi connectivity index (χ0) is 14.9. The smallest absolute Gasteiger partial charge is 0.257 e. The lowest BCUT2D eigenvalue weighted by molar-refractivity contribution is 0.102. The Morgan fingerprint density at radius 2 is 1.75 bits per heavy atom. The van der Waals surface area contributed by atoms with E-state index in [1.54, 1.807) is 12.1 Å². The number of hydrogen-bond donors (Lipinski definition) is 2. The molecule has 2 rings (SSSR count). The molecule has 0 heterocycles. The highest BCUT2D eigenvalue weighted by molar-refractivity contribution is 6.44. The number of nitrogen functional groups attached to an aromatic ring is 1. The van der Waals surface area contributed by atoms with E-state index in [0.29, 0.717) is 32.0 Å². The maximum absolute atomic E-state index is 12.2. The summed E-state index contributed by atoms with van der Waals surface area (Å²) >= 11 is 17.8. The van der Waals surface area contributed by atoms with Crippen molar-refractivity contribution in [3.63, 3.8) is 0 Å². The van der Waals surface area contributed by atoms with Crippen molar-refractivity contribution in [1.29, 1.82) is 0 Å². The lowest BCUT2D eigenvalue weighted by Crippen LogP contribution is -2.15. The van der Waals surface area contributed by atoms with E-state index in [4.69, 9.17) is 40.5 Å². The van der Waals surface area contributed by atoms with Gasteiger partial charge in [-0.3, -0.25) is 4.79 Å². The molecule has 0 saturated heterocycles. The summed E-state index contributed by atoms with van der Waals surface area (Å²) < 4.78 is 0. The number of anilines is 2. The molecular weight excluding hydrogens is 319 g/mol. The van der Waals surface area contributed by atoms with Crippen molar-refractivity contribution in [2.24, 2.45) is 0 Å². The molecule has 0 radical (unpaired) electrons. The summed E-state index contributed by atoms with van der Waals surface area (Å²) in [6.45, 7) is 1.83. The lowest BCUT2D eigenvalue weighted by Gasteiger charge is -2.11. The van der Waals surface area contributed by atoms with Gasteiger partial charge in [-0.05, 0) is 30.7 Å². The van der Waals surface area contributed by atoms with Gasteiger partial charge in [0.15, 0.2) is 0 Å². The van der Waals surface area contributed by atoms with Crippen LogP contribution in [0.4, 0.5) is 11.4 Å². The first-order chi connectivity index (χ1) is 9.40. The summed E-state index contributed by atoms with van der Waals surface area (Å²) in [6, 6.07) is 8.20. The second kappa shape index (κ2) is 5.92. The molecule has 3 nitrogen and oxygen atoms in total. The monoisotopic (exact) mass is 328 g/mol. The molecule has 0 unspecified atom stereocenters. The van der Waals surface area contributed by atoms with E-state index in [-0.39, 0.29) is 5.91 Å². The number of rotatable bonds is 2. The number of carbonyl (C=O) groups is 1. The minimum absolute atomic E-state index is 0.305. The molecule has 0 spiro atoms. The number of hydrogen-bond acceptors (Lipinski definition) is 2. The number of benzene rings is 2. The summed E-state index contributed by atoms with van der Waals surface area (Å²) in [4.78, 5) is 12.2. The molecule has 20 heavy (non-hydrogen) atoms. The van der Waals surface area contributed by atoms with E-state index in [1.165, 1.54) is 12.1 Å². The van der Waals surface area contributed by atoms with Crippen molar-refractivity contribution >= 4 is 52.1 Å². The molecule has 1 amide bonds. The molecule has 0 aromatic heterocycles. The molecule has 0 bridgehead atoms. The molecular formula is C14H11Cl3N2O. The Hall–Kier alpha value is -1.42. The van der Waals surface area contributed by atoms with Gasteiger partial charge in [-0.25, -0.2) is 0 Å². The fourth-order valence-electron chi connectivity index (χ4n) is 1.69. The van der Waals surface area contributed by atoms with Crippen molar-refractivity contribution in [2.45, 2.75) is 6.92 Å². The van der Waals surface area contributed by atoms with Crippen LogP contribution in [-0.4, -0.2) is 5.91 Å². The minimum atomic E-state index is -0.355. The first-order valence-electron chi connectivity index (χ1n) is 5.71. The van der Waals surface area contributed by atoms with Crippen molar-refractivity contribution in [1.82, 2.24) is 0 Å². The van der Waals surface area contributed by atoms with Gasteiger partial charge in [0, 0.05) is 5.69 Å². The first kappa shape index (κ1) is 15.0. The van der Waals surface area contributed by atoms with Gasteiger partial charge in [0.05, 0.1) is 26.3 Å². The second-order valence-electron chi connectivity index (χ2n) is 4.24. The zero-order valence-electron chi connectivity index (χ0n) is 10.5. The Morgan fingerprint density at radius 3 is 2.45 bits per heavy atom. The fraction of sp³-hybridized carbons (Fsp3) is 0.0714. The number of nitrogens with two attached hydrogens (primary N) is 1. The average molecular weight is 330 g/mol. The molecule has 0 fully saturated rings. The summed E-state index contributed by atoms with van der Waals surface area (Å²) in [5, 5.41) is 3.61. The molecule has 0 saturated carbocycles. The van der Waals surface area contributed by atoms with Gasteiger partial charge in [-0.1, -0.05) is 46.9 Å². The average Bonchev–Trinajstić information content (AvgIpc) is 2.39. The van der Waals surface area contributed by atoms with Crippen LogP contribution in [0.1, 0.15) is 15.9 Å². The SMILES string of the molecule is Cc1cccc(C(=O)Nc2cc(Cl)c(Cl)cc2Cl)c1N. The van der Waals surface area contributed by atoms with Gasteiger partial charge in [-0.2, -0.15) is 0 Å². The highest BCUT2D eigenvalue weighted by atomic mass is 35.5. The second-order valence-corrected chi connectivity index (χ2v) is 5.46. The van der Waals surface area contributed by atoms with Crippen molar-refractivity contribution in [3.8, 4) is 0 Å². The predicted molar refractivity (Wildman–Crippen MR) is 85.0 cm³/mol. The molecule has 3 N–H and O–H groups in total. The molecule has 104 valence electrons. The largest absolute Gasteiger partial charge is 0.398 e. The van der Waals surface area contributed by atoms with Crippen LogP contribution in [0.2, 0.25) is 15.1 Å². The van der Waals surface area contributed by atoms with Gasteiger partial charge >= 0.3 is 0 Å². The number of aryl methyl sites for hydroxylation is 1. The summed E-state index contributed by atoms with van der Waals surface area (Å²) in [5.41, 5.74) is 7.91. The van der Waals surface area contributed by atoms with Gasteiger partial charge in [0.25, 0.3) is 5.91 Å². The molecule has 0 aliphatic rings. The number of nitrogens with one attached hydrogen (secondary N) is 1. The number of carbonyl (C=O) groups excluding carboxylic acids is 1. The Labute approximate surface area is 131 Å². The van der Waals surface area contributed by atoms with Crippen LogP contribution in [0, 0.1) is 6.92 Å².